The number of halogens is 1. The first kappa shape index (κ1) is 13.0. The van der Waals surface area contributed by atoms with Gasteiger partial charge in [0.1, 0.15) is 12.7 Å². The summed E-state index contributed by atoms with van der Waals surface area (Å²) in [5.41, 5.74) is 6.25. The summed E-state index contributed by atoms with van der Waals surface area (Å²) in [6.07, 6.45) is 0.679. The fraction of sp³-hybridized carbons (Fsp3) is 0.286. The maximum absolute atomic E-state index is 6.25. The Hall–Kier alpha value is -1.04. The van der Waals surface area contributed by atoms with Crippen LogP contribution in [0, 0.1) is 0 Å². The van der Waals surface area contributed by atoms with E-state index in [2.05, 4.69) is 21.3 Å². The number of para-hydroxylation sites is 2. The third-order valence-corrected chi connectivity index (χ3v) is 5.07. The molecule has 19 heavy (non-hydrogen) atoms. The normalized spacial score (nSPS) is 19.2. The van der Waals surface area contributed by atoms with Gasteiger partial charge in [-0.15, -0.1) is 11.3 Å². The maximum atomic E-state index is 6.25. The average molecular weight is 340 g/mol. The molecule has 0 fully saturated rings. The van der Waals surface area contributed by atoms with E-state index in [0.717, 1.165) is 22.4 Å². The molecule has 1 aliphatic rings. The van der Waals surface area contributed by atoms with Crippen LogP contribution in [0.2, 0.25) is 0 Å². The molecule has 2 aromatic rings. The van der Waals surface area contributed by atoms with Crippen molar-refractivity contribution in [2.24, 2.45) is 5.73 Å². The molecule has 0 saturated carbocycles. The van der Waals surface area contributed by atoms with E-state index in [1.54, 1.807) is 11.3 Å². The van der Waals surface area contributed by atoms with Gasteiger partial charge in [0, 0.05) is 21.8 Å². The van der Waals surface area contributed by atoms with Gasteiger partial charge < -0.3 is 15.2 Å². The van der Waals surface area contributed by atoms with Gasteiger partial charge in [-0.3, -0.25) is 0 Å². The number of ether oxygens (including phenoxy) is 2. The van der Waals surface area contributed by atoms with Crippen molar-refractivity contribution in [2.75, 3.05) is 6.61 Å². The second-order valence-corrected chi connectivity index (χ2v) is 6.33. The highest BCUT2D eigenvalue weighted by Gasteiger charge is 2.27. The van der Waals surface area contributed by atoms with Crippen molar-refractivity contribution >= 4 is 27.3 Å². The molecule has 0 radical (unpaired) electrons. The van der Waals surface area contributed by atoms with E-state index in [1.807, 2.05) is 30.3 Å². The molecule has 0 amide bonds. The summed E-state index contributed by atoms with van der Waals surface area (Å²) < 4.78 is 12.7. The number of fused-ring (bicyclic) bond motifs is 1. The molecule has 1 aliphatic heterocycles. The van der Waals surface area contributed by atoms with Crippen LogP contribution in [0.15, 0.2) is 40.2 Å². The quantitative estimate of drug-likeness (QED) is 0.933. The number of thiophene rings is 1. The van der Waals surface area contributed by atoms with Crippen LogP contribution >= 0.6 is 27.3 Å². The van der Waals surface area contributed by atoms with Crippen LogP contribution < -0.4 is 15.2 Å². The van der Waals surface area contributed by atoms with Crippen LogP contribution in [0.5, 0.6) is 11.5 Å². The van der Waals surface area contributed by atoms with Crippen molar-refractivity contribution in [2.45, 2.75) is 18.6 Å². The molecule has 5 heteroatoms. The Balaban J connectivity index is 1.69. The third-order valence-electron chi connectivity index (χ3n) is 3.12. The largest absolute Gasteiger partial charge is 0.486 e. The highest BCUT2D eigenvalue weighted by molar-refractivity contribution is 9.10. The van der Waals surface area contributed by atoms with Crippen LogP contribution in [0.25, 0.3) is 0 Å². The smallest absolute Gasteiger partial charge is 0.161 e. The van der Waals surface area contributed by atoms with Gasteiger partial charge in [-0.25, -0.2) is 0 Å². The molecule has 2 N–H and O–H groups in total. The zero-order valence-electron chi connectivity index (χ0n) is 10.2. The summed E-state index contributed by atoms with van der Waals surface area (Å²) in [7, 11) is 0. The van der Waals surface area contributed by atoms with Crippen molar-refractivity contribution in [1.29, 1.82) is 0 Å². The molecular formula is C14H14BrNO2S. The lowest BCUT2D eigenvalue weighted by molar-refractivity contribution is 0.0724. The van der Waals surface area contributed by atoms with Crippen molar-refractivity contribution in [1.82, 2.24) is 0 Å². The molecule has 2 unspecified atom stereocenters. The van der Waals surface area contributed by atoms with Crippen LogP contribution in [0.4, 0.5) is 0 Å². The summed E-state index contributed by atoms with van der Waals surface area (Å²) in [6, 6.07) is 9.66. The Kier molecular flexibility index (Phi) is 3.77. The second kappa shape index (κ2) is 5.53. The van der Waals surface area contributed by atoms with E-state index in [0.29, 0.717) is 6.61 Å². The van der Waals surface area contributed by atoms with E-state index < -0.39 is 0 Å². The Morgan fingerprint density at radius 2 is 2.11 bits per heavy atom. The molecule has 100 valence electrons. The predicted molar refractivity (Wildman–Crippen MR) is 80.1 cm³/mol. The highest BCUT2D eigenvalue weighted by Crippen LogP contribution is 2.32. The molecule has 0 spiro atoms. The van der Waals surface area contributed by atoms with E-state index in [-0.39, 0.29) is 12.1 Å². The number of benzene rings is 1. The van der Waals surface area contributed by atoms with E-state index in [9.17, 15) is 0 Å². The molecule has 3 nitrogen and oxygen atoms in total. The fourth-order valence-electron chi connectivity index (χ4n) is 2.06. The lowest BCUT2D eigenvalue weighted by Gasteiger charge is -2.30. The molecule has 3 rings (SSSR count). The van der Waals surface area contributed by atoms with Gasteiger partial charge >= 0.3 is 0 Å². The van der Waals surface area contributed by atoms with Crippen LogP contribution in [0.3, 0.4) is 0 Å². The van der Waals surface area contributed by atoms with E-state index in [1.165, 1.54) is 4.88 Å². The minimum absolute atomic E-state index is 0.0803. The zero-order chi connectivity index (χ0) is 13.2. The van der Waals surface area contributed by atoms with E-state index >= 15 is 0 Å². The summed E-state index contributed by atoms with van der Waals surface area (Å²) in [5.74, 6) is 1.57. The molecule has 0 aliphatic carbocycles. The Labute approximate surface area is 124 Å². The molecule has 2 heterocycles. The second-order valence-electron chi connectivity index (χ2n) is 4.47. The van der Waals surface area contributed by atoms with Gasteiger partial charge in [0.2, 0.25) is 0 Å². The number of hydrogen-bond donors (Lipinski definition) is 1. The zero-order valence-corrected chi connectivity index (χ0v) is 12.6. The van der Waals surface area contributed by atoms with Gasteiger partial charge in [-0.05, 0) is 39.5 Å². The molecular weight excluding hydrogens is 326 g/mol. The van der Waals surface area contributed by atoms with Crippen LogP contribution in [0.1, 0.15) is 4.88 Å². The first-order chi connectivity index (χ1) is 9.24. The van der Waals surface area contributed by atoms with Gasteiger partial charge in [-0.2, -0.15) is 0 Å². The van der Waals surface area contributed by atoms with Gasteiger partial charge in [0.15, 0.2) is 11.5 Å². The molecule has 2 atom stereocenters. The molecule has 1 aromatic heterocycles. The maximum Gasteiger partial charge on any atom is 0.161 e. The number of rotatable bonds is 3. The number of hydrogen-bond acceptors (Lipinski definition) is 4. The van der Waals surface area contributed by atoms with Gasteiger partial charge in [-0.1, -0.05) is 12.1 Å². The van der Waals surface area contributed by atoms with Crippen molar-refractivity contribution in [3.05, 3.63) is 45.1 Å². The van der Waals surface area contributed by atoms with Gasteiger partial charge in [0.25, 0.3) is 0 Å². The summed E-state index contributed by atoms with van der Waals surface area (Å²) in [4.78, 5) is 1.25. The van der Waals surface area contributed by atoms with E-state index in [4.69, 9.17) is 15.2 Å². The predicted octanol–water partition coefficient (Wildman–Crippen LogP) is 3.22. The van der Waals surface area contributed by atoms with Crippen LogP contribution in [-0.2, 0) is 6.42 Å². The lowest BCUT2D eigenvalue weighted by Crippen LogP contribution is -2.46. The van der Waals surface area contributed by atoms with Crippen molar-refractivity contribution in [3.8, 4) is 11.5 Å². The monoisotopic (exact) mass is 339 g/mol. The average Bonchev–Trinajstić information content (AvgIpc) is 2.84. The first-order valence-corrected chi connectivity index (χ1v) is 7.77. The summed E-state index contributed by atoms with van der Waals surface area (Å²) in [5, 5.41) is 2.06. The topological polar surface area (TPSA) is 44.5 Å². The first-order valence-electron chi connectivity index (χ1n) is 6.10. The van der Waals surface area contributed by atoms with Gasteiger partial charge in [0.05, 0.1) is 0 Å². The Morgan fingerprint density at radius 1 is 1.32 bits per heavy atom. The molecule has 0 saturated heterocycles. The summed E-state index contributed by atoms with van der Waals surface area (Å²) in [6.45, 7) is 0.501. The SMILES string of the molecule is NC(Cc1sccc1Br)C1COc2ccccc2O1. The minimum Gasteiger partial charge on any atom is -0.486 e. The summed E-state index contributed by atoms with van der Waals surface area (Å²) >= 11 is 5.23. The minimum atomic E-state index is -0.108. The molecule has 0 bridgehead atoms. The van der Waals surface area contributed by atoms with Crippen molar-refractivity contribution < 1.29 is 9.47 Å². The lowest BCUT2D eigenvalue weighted by atomic mass is 10.1. The Morgan fingerprint density at radius 3 is 2.84 bits per heavy atom. The van der Waals surface area contributed by atoms with Crippen LogP contribution in [-0.4, -0.2) is 18.8 Å². The molecule has 1 aromatic carbocycles. The third kappa shape index (κ3) is 2.78. The fourth-order valence-corrected chi connectivity index (χ4v) is 3.65. The standard InChI is InChI=1S/C14H14BrNO2S/c15-9-5-6-19-14(9)7-10(16)13-8-17-11-3-1-2-4-12(11)18-13/h1-6,10,13H,7-8,16H2. The highest BCUT2D eigenvalue weighted by atomic mass is 79.9. The Bertz CT molecular complexity index is 572. The van der Waals surface area contributed by atoms with Crippen molar-refractivity contribution in [3.63, 3.8) is 0 Å². The number of nitrogens with two attached hydrogens (primary N) is 1.